The van der Waals surface area contributed by atoms with E-state index in [-0.39, 0.29) is 36.6 Å². The fraction of sp³-hybridized carbons (Fsp3) is 0.679. The van der Waals surface area contributed by atoms with E-state index in [9.17, 15) is 19.5 Å². The third kappa shape index (κ3) is 11.0. The quantitative estimate of drug-likeness (QED) is 0.238. The highest BCUT2D eigenvalue weighted by Gasteiger charge is 2.26. The molecule has 1 fully saturated rings. The Morgan fingerprint density at radius 2 is 2.00 bits per heavy atom. The van der Waals surface area contributed by atoms with E-state index in [1.807, 2.05) is 51.2 Å². The number of cyclic esters (lactones) is 1. The minimum atomic E-state index is -0.473. The molecule has 0 aromatic heterocycles. The van der Waals surface area contributed by atoms with Gasteiger partial charge in [-0.15, -0.1) is 0 Å². The van der Waals surface area contributed by atoms with E-state index in [2.05, 4.69) is 0 Å². The summed E-state index contributed by atoms with van der Waals surface area (Å²) in [5.74, 6) is -0.350. The van der Waals surface area contributed by atoms with Crippen LogP contribution in [0.5, 0.6) is 0 Å². The Bertz CT molecular complexity index is 851. The van der Waals surface area contributed by atoms with Gasteiger partial charge >= 0.3 is 18.2 Å². The van der Waals surface area contributed by atoms with Gasteiger partial charge in [0.1, 0.15) is 12.2 Å². The molecule has 0 bridgehead atoms. The second-order valence-electron chi connectivity index (χ2n) is 10.3. The molecule has 1 N–H and O–H groups in total. The molecule has 208 valence electrons. The highest BCUT2D eigenvalue weighted by Crippen LogP contribution is 2.22. The number of carbonyl (C=O) groups is 3. The van der Waals surface area contributed by atoms with E-state index in [4.69, 9.17) is 14.2 Å². The number of hydrogen-bond acceptors (Lipinski definition) is 7. The Kier molecular flexibility index (Phi) is 12.7. The second kappa shape index (κ2) is 15.4. The first-order valence-corrected chi connectivity index (χ1v) is 13.3. The molecule has 2 rings (SSSR count). The van der Waals surface area contributed by atoms with Crippen LogP contribution < -0.4 is 0 Å². The Balaban J connectivity index is 2.01. The van der Waals surface area contributed by atoms with E-state index < -0.39 is 18.3 Å². The summed E-state index contributed by atoms with van der Waals surface area (Å²) in [7, 11) is 3.32. The van der Waals surface area contributed by atoms with Crippen LogP contribution >= 0.6 is 0 Å². The van der Waals surface area contributed by atoms with E-state index in [1.165, 1.54) is 9.80 Å². The normalized spacial score (nSPS) is 27.6. The lowest BCUT2D eigenvalue weighted by molar-refractivity contribution is -0.148. The van der Waals surface area contributed by atoms with Gasteiger partial charge in [-0.3, -0.25) is 4.79 Å². The molecule has 0 radical (unpaired) electrons. The van der Waals surface area contributed by atoms with Crippen molar-refractivity contribution in [1.82, 2.24) is 9.80 Å². The van der Waals surface area contributed by atoms with Crippen molar-refractivity contribution in [2.75, 3.05) is 33.8 Å². The zero-order chi connectivity index (χ0) is 27.4. The zero-order valence-corrected chi connectivity index (χ0v) is 22.9. The molecule has 2 amide bonds. The molecule has 1 saturated heterocycles. The summed E-state index contributed by atoms with van der Waals surface area (Å²) in [6, 6.07) is 0. The van der Waals surface area contributed by atoms with Gasteiger partial charge < -0.3 is 29.1 Å². The lowest BCUT2D eigenvalue weighted by Crippen LogP contribution is -2.31. The van der Waals surface area contributed by atoms with Crippen LogP contribution in [0.4, 0.5) is 9.59 Å². The minimum Gasteiger partial charge on any atom is -0.457 e. The average molecular weight is 521 g/mol. The van der Waals surface area contributed by atoms with Crippen molar-refractivity contribution in [2.24, 2.45) is 11.8 Å². The molecule has 5 atom stereocenters. The van der Waals surface area contributed by atoms with Crippen molar-refractivity contribution in [3.63, 3.8) is 0 Å². The van der Waals surface area contributed by atoms with Crippen LogP contribution in [0.15, 0.2) is 36.0 Å². The highest BCUT2D eigenvalue weighted by atomic mass is 16.6. The molecule has 0 saturated carbocycles. The summed E-state index contributed by atoms with van der Waals surface area (Å²) in [4.78, 5) is 39.6. The lowest BCUT2D eigenvalue weighted by Gasteiger charge is -2.25. The number of likely N-dealkylation sites (tertiary alicyclic amines) is 1. The van der Waals surface area contributed by atoms with Gasteiger partial charge in [-0.05, 0) is 44.3 Å². The Morgan fingerprint density at radius 3 is 2.68 bits per heavy atom. The van der Waals surface area contributed by atoms with Crippen LogP contribution in [-0.4, -0.2) is 85.2 Å². The predicted octanol–water partition coefficient (Wildman–Crippen LogP) is 4.46. The van der Waals surface area contributed by atoms with Crippen LogP contribution in [-0.2, 0) is 19.0 Å². The highest BCUT2D eigenvalue weighted by molar-refractivity contribution is 5.70. The predicted molar refractivity (Wildman–Crippen MR) is 141 cm³/mol. The van der Waals surface area contributed by atoms with Crippen LogP contribution in [0.3, 0.4) is 0 Å². The third-order valence-electron chi connectivity index (χ3n) is 6.49. The van der Waals surface area contributed by atoms with E-state index >= 15 is 0 Å². The SMILES string of the molecule is C/C(=C\C=C\C(C)COC(=O)N1CC[C@@H](O)C1)[C@H]1OC(=O)CCCCC[C@@H](OC(=O)N(C)C)/C=C/[C@@H]1C. The third-order valence-corrected chi connectivity index (χ3v) is 6.49. The second-order valence-corrected chi connectivity index (χ2v) is 10.3. The molecule has 9 heteroatoms. The molecule has 2 aliphatic heterocycles. The number of amides is 2. The molecule has 0 aromatic carbocycles. The molecule has 2 aliphatic rings. The maximum absolute atomic E-state index is 12.5. The number of rotatable bonds is 6. The maximum atomic E-state index is 12.5. The topological polar surface area (TPSA) is 106 Å². The number of hydrogen-bond donors (Lipinski definition) is 1. The van der Waals surface area contributed by atoms with Gasteiger partial charge in [0, 0.05) is 45.4 Å². The molecule has 0 aliphatic carbocycles. The number of allylic oxidation sites excluding steroid dienone is 2. The van der Waals surface area contributed by atoms with Crippen molar-refractivity contribution in [2.45, 2.75) is 77.6 Å². The van der Waals surface area contributed by atoms with Gasteiger partial charge in [0.15, 0.2) is 0 Å². The first-order chi connectivity index (χ1) is 17.6. The molecule has 9 nitrogen and oxygen atoms in total. The molecule has 0 spiro atoms. The van der Waals surface area contributed by atoms with Crippen molar-refractivity contribution >= 4 is 18.2 Å². The van der Waals surface area contributed by atoms with Crippen molar-refractivity contribution in [1.29, 1.82) is 0 Å². The number of β-amino-alcohol motifs (C(OH)–C–C–N with tert-alkyl or cyclic N) is 1. The van der Waals surface area contributed by atoms with Gasteiger partial charge in [-0.25, -0.2) is 9.59 Å². The number of carbonyl (C=O) groups excluding carboxylic acids is 3. The number of aliphatic hydroxyl groups excluding tert-OH is 1. The molecule has 1 unspecified atom stereocenters. The first-order valence-electron chi connectivity index (χ1n) is 13.3. The van der Waals surface area contributed by atoms with Crippen LogP contribution in [0.25, 0.3) is 0 Å². The monoisotopic (exact) mass is 520 g/mol. The standard InChI is InChI=1S/C28H44N2O7/c1-20(19-35-28(34)30-17-16-23(31)18-30)10-9-11-21(2)26-22(3)14-15-24(36-27(33)29(4)5)12-7-6-8-13-25(32)37-26/h9-11,14-15,20,22-24,26,31H,6-8,12-13,16-19H2,1-5H3/b10-9+,15-14+,21-11+/t20?,22-,23+,24+,26+/m0/s1. The average Bonchev–Trinajstić information content (AvgIpc) is 3.29. The largest absolute Gasteiger partial charge is 0.457 e. The summed E-state index contributed by atoms with van der Waals surface area (Å²) in [6.45, 7) is 6.91. The van der Waals surface area contributed by atoms with Crippen molar-refractivity contribution < 1.29 is 33.7 Å². The van der Waals surface area contributed by atoms with E-state index in [1.54, 1.807) is 14.1 Å². The smallest absolute Gasteiger partial charge is 0.409 e. The molecular formula is C28H44N2O7. The minimum absolute atomic E-state index is 0.0103. The number of esters is 1. The fourth-order valence-corrected chi connectivity index (χ4v) is 4.19. The number of ether oxygens (including phenoxy) is 3. The fourth-order valence-electron chi connectivity index (χ4n) is 4.19. The Morgan fingerprint density at radius 1 is 1.24 bits per heavy atom. The maximum Gasteiger partial charge on any atom is 0.409 e. The van der Waals surface area contributed by atoms with Crippen LogP contribution in [0, 0.1) is 11.8 Å². The van der Waals surface area contributed by atoms with Gasteiger partial charge in [-0.1, -0.05) is 44.6 Å². The summed E-state index contributed by atoms with van der Waals surface area (Å²) >= 11 is 0. The summed E-state index contributed by atoms with van der Waals surface area (Å²) < 4.78 is 16.8. The van der Waals surface area contributed by atoms with E-state index in [0.29, 0.717) is 32.4 Å². The Labute approximate surface area is 221 Å². The number of nitrogens with zero attached hydrogens (tertiary/aromatic N) is 2. The lowest BCUT2D eigenvalue weighted by atomic mass is 9.95. The van der Waals surface area contributed by atoms with Gasteiger partial charge in [-0.2, -0.15) is 0 Å². The molecular weight excluding hydrogens is 476 g/mol. The Hall–Kier alpha value is -2.81. The van der Waals surface area contributed by atoms with Crippen LogP contribution in [0.1, 0.15) is 59.3 Å². The zero-order valence-electron chi connectivity index (χ0n) is 22.9. The summed E-state index contributed by atoms with van der Waals surface area (Å²) in [5.41, 5.74) is 0.885. The van der Waals surface area contributed by atoms with Gasteiger partial charge in [0.25, 0.3) is 0 Å². The summed E-state index contributed by atoms with van der Waals surface area (Å²) in [6.07, 6.45) is 11.6. The summed E-state index contributed by atoms with van der Waals surface area (Å²) in [5, 5.41) is 9.57. The van der Waals surface area contributed by atoms with Gasteiger partial charge in [0.05, 0.1) is 12.7 Å². The van der Waals surface area contributed by atoms with Crippen molar-refractivity contribution in [3.05, 3.63) is 36.0 Å². The molecule has 2 heterocycles. The first kappa shape index (κ1) is 30.4. The van der Waals surface area contributed by atoms with Crippen LogP contribution in [0.2, 0.25) is 0 Å². The number of aliphatic hydroxyl groups is 1. The molecule has 37 heavy (non-hydrogen) atoms. The van der Waals surface area contributed by atoms with Gasteiger partial charge in [0.2, 0.25) is 0 Å². The van der Waals surface area contributed by atoms with Crippen molar-refractivity contribution in [3.8, 4) is 0 Å². The molecule has 0 aromatic rings. The van der Waals surface area contributed by atoms with E-state index in [0.717, 1.165) is 24.8 Å².